The van der Waals surface area contributed by atoms with E-state index < -0.39 is 0 Å². The number of hydrogen-bond acceptors (Lipinski definition) is 4. The van der Waals surface area contributed by atoms with Crippen molar-refractivity contribution in [1.29, 1.82) is 0 Å². The lowest BCUT2D eigenvalue weighted by Gasteiger charge is -2.06. The smallest absolute Gasteiger partial charge is 0.163 e. The molecule has 2 aromatic heterocycles. The van der Waals surface area contributed by atoms with E-state index in [1.54, 1.807) is 31.8 Å². The van der Waals surface area contributed by atoms with E-state index in [9.17, 15) is 0 Å². The lowest BCUT2D eigenvalue weighted by Crippen LogP contribution is -1.94. The van der Waals surface area contributed by atoms with Gasteiger partial charge in [-0.1, -0.05) is 11.6 Å². The molecule has 3 rings (SSSR count). The zero-order valence-electron chi connectivity index (χ0n) is 10.5. The van der Waals surface area contributed by atoms with E-state index in [0.717, 1.165) is 16.7 Å². The Labute approximate surface area is 114 Å². The number of nitrogens with zero attached hydrogens (tertiary/aromatic N) is 4. The largest absolute Gasteiger partial charge is 0.497 e. The Kier molecular flexibility index (Phi) is 2.83. The number of methoxy groups -OCH3 is 1. The van der Waals surface area contributed by atoms with Crippen LogP contribution in [0.3, 0.4) is 0 Å². The summed E-state index contributed by atoms with van der Waals surface area (Å²) in [6, 6.07) is 5.39. The maximum Gasteiger partial charge on any atom is 0.163 e. The van der Waals surface area contributed by atoms with Gasteiger partial charge in [0, 0.05) is 12.6 Å². The summed E-state index contributed by atoms with van der Waals surface area (Å²) in [7, 11) is 3.50. The van der Waals surface area contributed by atoms with Crippen molar-refractivity contribution in [2.45, 2.75) is 0 Å². The Balaban J connectivity index is 2.20. The Morgan fingerprint density at radius 3 is 2.89 bits per heavy atom. The third-order valence-electron chi connectivity index (χ3n) is 2.87. The lowest BCUT2D eigenvalue weighted by atomic mass is 10.2. The van der Waals surface area contributed by atoms with Crippen LogP contribution in [-0.2, 0) is 7.05 Å². The second kappa shape index (κ2) is 4.51. The van der Waals surface area contributed by atoms with Gasteiger partial charge in [0.15, 0.2) is 11.5 Å². The van der Waals surface area contributed by atoms with Crippen LogP contribution in [0.2, 0.25) is 5.02 Å². The number of aryl methyl sites for hydroxylation is 1. The van der Waals surface area contributed by atoms with Crippen LogP contribution in [0.15, 0.2) is 30.7 Å². The van der Waals surface area contributed by atoms with Gasteiger partial charge in [0.2, 0.25) is 0 Å². The molecular formula is C13H11ClN4O. The number of halogens is 1. The van der Waals surface area contributed by atoms with Crippen molar-refractivity contribution in [3.8, 4) is 17.1 Å². The highest BCUT2D eigenvalue weighted by Crippen LogP contribution is 2.29. The third-order valence-corrected chi connectivity index (χ3v) is 3.20. The first-order valence-electron chi connectivity index (χ1n) is 5.67. The molecule has 0 atom stereocenters. The predicted molar refractivity (Wildman–Crippen MR) is 73.3 cm³/mol. The van der Waals surface area contributed by atoms with Crippen molar-refractivity contribution < 1.29 is 4.74 Å². The molecule has 0 aliphatic heterocycles. The van der Waals surface area contributed by atoms with Crippen molar-refractivity contribution >= 4 is 22.8 Å². The molecule has 19 heavy (non-hydrogen) atoms. The molecule has 0 aliphatic rings. The van der Waals surface area contributed by atoms with Crippen LogP contribution in [0.4, 0.5) is 0 Å². The van der Waals surface area contributed by atoms with Crippen LogP contribution in [-0.4, -0.2) is 26.6 Å². The van der Waals surface area contributed by atoms with Crippen molar-refractivity contribution in [3.63, 3.8) is 0 Å². The van der Waals surface area contributed by atoms with E-state index in [-0.39, 0.29) is 0 Å². The summed E-state index contributed by atoms with van der Waals surface area (Å²) in [5.41, 5.74) is 2.26. The normalized spacial score (nSPS) is 10.9. The van der Waals surface area contributed by atoms with Gasteiger partial charge >= 0.3 is 0 Å². The molecule has 0 N–H and O–H groups in total. The standard InChI is InChI=1S/C13H11ClN4O/c1-18-7-16-11-6-15-12(17-13(11)18)9-5-8(19-2)3-4-10(9)14/h3-7H,1-2H3. The Bertz CT molecular complexity index is 753. The molecule has 96 valence electrons. The average molecular weight is 275 g/mol. The zero-order valence-corrected chi connectivity index (χ0v) is 11.2. The first kappa shape index (κ1) is 11.9. The number of hydrogen-bond donors (Lipinski definition) is 0. The maximum absolute atomic E-state index is 6.19. The third kappa shape index (κ3) is 2.02. The zero-order chi connectivity index (χ0) is 13.4. The molecule has 0 radical (unpaired) electrons. The highest BCUT2D eigenvalue weighted by molar-refractivity contribution is 6.33. The molecule has 0 bridgehead atoms. The summed E-state index contributed by atoms with van der Waals surface area (Å²) in [6.45, 7) is 0. The summed E-state index contributed by atoms with van der Waals surface area (Å²) in [5.74, 6) is 1.27. The van der Waals surface area contributed by atoms with E-state index >= 15 is 0 Å². The van der Waals surface area contributed by atoms with Gasteiger partial charge in [-0.05, 0) is 18.2 Å². The molecule has 0 amide bonds. The van der Waals surface area contributed by atoms with Crippen molar-refractivity contribution in [2.75, 3.05) is 7.11 Å². The maximum atomic E-state index is 6.19. The molecule has 0 fully saturated rings. The van der Waals surface area contributed by atoms with Gasteiger partial charge < -0.3 is 9.30 Å². The molecule has 0 aliphatic carbocycles. The second-order valence-electron chi connectivity index (χ2n) is 4.10. The molecule has 0 saturated carbocycles. The van der Waals surface area contributed by atoms with Gasteiger partial charge in [-0.3, -0.25) is 0 Å². The highest BCUT2D eigenvalue weighted by Gasteiger charge is 2.11. The molecule has 3 aromatic rings. The Hall–Kier alpha value is -2.14. The number of fused-ring (bicyclic) bond motifs is 1. The summed E-state index contributed by atoms with van der Waals surface area (Å²) in [5, 5.41) is 0.585. The molecule has 6 heteroatoms. The molecule has 0 unspecified atom stereocenters. The van der Waals surface area contributed by atoms with Crippen LogP contribution in [0.25, 0.3) is 22.6 Å². The minimum absolute atomic E-state index is 0.556. The number of imidazole rings is 1. The van der Waals surface area contributed by atoms with E-state index in [1.165, 1.54) is 0 Å². The van der Waals surface area contributed by atoms with Crippen molar-refractivity contribution in [1.82, 2.24) is 19.5 Å². The van der Waals surface area contributed by atoms with Crippen LogP contribution < -0.4 is 4.74 Å². The summed E-state index contributed by atoms with van der Waals surface area (Å²) >= 11 is 6.19. The summed E-state index contributed by atoms with van der Waals surface area (Å²) in [4.78, 5) is 13.0. The van der Waals surface area contributed by atoms with Gasteiger partial charge in [0.1, 0.15) is 11.3 Å². The molecular weight excluding hydrogens is 264 g/mol. The van der Waals surface area contributed by atoms with Crippen molar-refractivity contribution in [3.05, 3.63) is 35.7 Å². The summed E-state index contributed by atoms with van der Waals surface area (Å²) < 4.78 is 7.04. The average Bonchev–Trinajstić information content (AvgIpc) is 2.81. The van der Waals surface area contributed by atoms with Crippen LogP contribution in [0, 0.1) is 0 Å². The fourth-order valence-corrected chi connectivity index (χ4v) is 2.06. The first-order valence-corrected chi connectivity index (χ1v) is 6.05. The SMILES string of the molecule is COc1ccc(Cl)c(-c2ncc3ncn(C)c3n2)c1. The first-order chi connectivity index (χ1) is 9.19. The van der Waals surface area contributed by atoms with Gasteiger partial charge in [-0.25, -0.2) is 15.0 Å². The quantitative estimate of drug-likeness (QED) is 0.721. The number of aromatic nitrogens is 4. The Morgan fingerprint density at radius 2 is 2.11 bits per heavy atom. The fraction of sp³-hybridized carbons (Fsp3) is 0.154. The second-order valence-corrected chi connectivity index (χ2v) is 4.51. The minimum atomic E-state index is 0.556. The topological polar surface area (TPSA) is 52.8 Å². The van der Waals surface area contributed by atoms with Gasteiger partial charge in [-0.2, -0.15) is 0 Å². The molecule has 0 spiro atoms. The van der Waals surface area contributed by atoms with Crippen LogP contribution >= 0.6 is 11.6 Å². The molecule has 2 heterocycles. The monoisotopic (exact) mass is 274 g/mol. The lowest BCUT2D eigenvalue weighted by molar-refractivity contribution is 0.415. The predicted octanol–water partition coefficient (Wildman–Crippen LogP) is 2.69. The van der Waals surface area contributed by atoms with E-state index in [1.807, 2.05) is 17.7 Å². The molecule has 1 aromatic carbocycles. The van der Waals surface area contributed by atoms with E-state index in [4.69, 9.17) is 16.3 Å². The molecule has 0 saturated heterocycles. The van der Waals surface area contributed by atoms with E-state index in [0.29, 0.717) is 16.6 Å². The Morgan fingerprint density at radius 1 is 1.26 bits per heavy atom. The van der Waals surface area contributed by atoms with Crippen LogP contribution in [0.5, 0.6) is 5.75 Å². The van der Waals surface area contributed by atoms with E-state index in [2.05, 4.69) is 15.0 Å². The number of rotatable bonds is 2. The number of ether oxygens (including phenoxy) is 1. The highest BCUT2D eigenvalue weighted by atomic mass is 35.5. The van der Waals surface area contributed by atoms with Gasteiger partial charge in [0.05, 0.1) is 24.7 Å². The van der Waals surface area contributed by atoms with Gasteiger partial charge in [0.25, 0.3) is 0 Å². The van der Waals surface area contributed by atoms with Crippen LogP contribution in [0.1, 0.15) is 0 Å². The van der Waals surface area contributed by atoms with Gasteiger partial charge in [-0.15, -0.1) is 0 Å². The number of benzene rings is 1. The fourth-order valence-electron chi connectivity index (χ4n) is 1.85. The molecule has 5 nitrogen and oxygen atoms in total. The minimum Gasteiger partial charge on any atom is -0.497 e. The van der Waals surface area contributed by atoms with Crippen molar-refractivity contribution in [2.24, 2.45) is 7.05 Å². The summed E-state index contributed by atoms with van der Waals surface area (Å²) in [6.07, 6.45) is 3.39.